The molecule has 7 nitrogen and oxygen atoms in total. The van der Waals surface area contributed by atoms with Gasteiger partial charge in [0, 0.05) is 20.0 Å². The Balaban J connectivity index is 2.46. The molecule has 0 radical (unpaired) electrons. The molecule has 1 aliphatic heterocycles. The first kappa shape index (κ1) is 18.3. The highest BCUT2D eigenvalue weighted by molar-refractivity contribution is 5.82. The summed E-state index contributed by atoms with van der Waals surface area (Å²) in [6.07, 6.45) is 1.48. The lowest BCUT2D eigenvalue weighted by Crippen LogP contribution is -2.45. The second-order valence-electron chi connectivity index (χ2n) is 6.74. The van der Waals surface area contributed by atoms with Crippen molar-refractivity contribution < 1.29 is 24.2 Å². The summed E-state index contributed by atoms with van der Waals surface area (Å²) in [5, 5.41) is 11.6. The topological polar surface area (TPSA) is 95.9 Å². The first-order valence-electron chi connectivity index (χ1n) is 7.56. The van der Waals surface area contributed by atoms with Crippen molar-refractivity contribution in [3.8, 4) is 0 Å². The van der Waals surface area contributed by atoms with Crippen LogP contribution in [0, 0.1) is 5.92 Å². The molecule has 0 aromatic carbocycles. The van der Waals surface area contributed by atoms with Crippen LogP contribution in [0.2, 0.25) is 0 Å². The number of likely N-dealkylation sites (tertiary alicyclic amines) is 1. The zero-order valence-electron chi connectivity index (χ0n) is 13.7. The van der Waals surface area contributed by atoms with E-state index < -0.39 is 17.6 Å². The molecular formula is C15H26N2O5. The van der Waals surface area contributed by atoms with Crippen LogP contribution in [0.3, 0.4) is 0 Å². The average Bonchev–Trinajstić information content (AvgIpc) is 2.36. The van der Waals surface area contributed by atoms with E-state index in [9.17, 15) is 14.4 Å². The van der Waals surface area contributed by atoms with E-state index >= 15 is 0 Å². The normalized spacial score (nSPS) is 17.7. The quantitative estimate of drug-likeness (QED) is 0.822. The first-order valence-corrected chi connectivity index (χ1v) is 7.56. The molecule has 1 rings (SSSR count). The Kier molecular flexibility index (Phi) is 6.20. The van der Waals surface area contributed by atoms with Crippen LogP contribution in [0.15, 0.2) is 0 Å². The monoisotopic (exact) mass is 314 g/mol. The Morgan fingerprint density at radius 1 is 1.27 bits per heavy atom. The van der Waals surface area contributed by atoms with Gasteiger partial charge in [-0.05, 0) is 46.0 Å². The van der Waals surface area contributed by atoms with Crippen LogP contribution in [0.25, 0.3) is 0 Å². The number of ether oxygens (including phenoxy) is 1. The number of carbonyl (C=O) groups excluding carboxylic acids is 2. The number of nitrogens with one attached hydrogen (secondary N) is 1. The minimum absolute atomic E-state index is 0.173. The van der Waals surface area contributed by atoms with E-state index in [2.05, 4.69) is 5.32 Å². The van der Waals surface area contributed by atoms with Crippen molar-refractivity contribution in [3.63, 3.8) is 0 Å². The van der Waals surface area contributed by atoms with Crippen LogP contribution in [0.1, 0.15) is 47.0 Å². The molecule has 0 saturated carbocycles. The number of carboxylic acids is 1. The van der Waals surface area contributed by atoms with Crippen LogP contribution < -0.4 is 5.32 Å². The maximum absolute atomic E-state index is 11.9. The van der Waals surface area contributed by atoms with Gasteiger partial charge < -0.3 is 20.1 Å². The molecular weight excluding hydrogens is 288 g/mol. The highest BCUT2D eigenvalue weighted by Gasteiger charge is 2.30. The Labute approximate surface area is 131 Å². The molecule has 22 heavy (non-hydrogen) atoms. The Morgan fingerprint density at radius 3 is 2.23 bits per heavy atom. The number of carboxylic acid groups (broad SMARTS) is 1. The van der Waals surface area contributed by atoms with Crippen LogP contribution in [-0.4, -0.2) is 52.7 Å². The van der Waals surface area contributed by atoms with E-state index in [0.29, 0.717) is 32.4 Å². The number of hydrogen-bond acceptors (Lipinski definition) is 4. The van der Waals surface area contributed by atoms with Crippen molar-refractivity contribution in [2.45, 2.75) is 58.6 Å². The summed E-state index contributed by atoms with van der Waals surface area (Å²) < 4.78 is 5.32. The predicted octanol–water partition coefficient (Wildman–Crippen LogP) is 1.61. The minimum Gasteiger partial charge on any atom is -0.480 e. The molecule has 2 N–H and O–H groups in total. The zero-order valence-corrected chi connectivity index (χ0v) is 13.7. The number of hydrogen-bond donors (Lipinski definition) is 2. The van der Waals surface area contributed by atoms with E-state index in [1.165, 1.54) is 6.92 Å². The smallest absolute Gasteiger partial charge is 0.410 e. The molecule has 0 aromatic heterocycles. The van der Waals surface area contributed by atoms with Gasteiger partial charge in [0.15, 0.2) is 0 Å². The van der Waals surface area contributed by atoms with E-state index in [1.54, 1.807) is 4.90 Å². The fourth-order valence-corrected chi connectivity index (χ4v) is 2.48. The van der Waals surface area contributed by atoms with E-state index in [1.807, 2.05) is 20.8 Å². The fraction of sp³-hybridized carbons (Fsp3) is 0.800. The summed E-state index contributed by atoms with van der Waals surface area (Å²) in [5.41, 5.74) is -0.520. The van der Waals surface area contributed by atoms with E-state index in [4.69, 9.17) is 9.84 Å². The number of rotatable bonds is 4. The van der Waals surface area contributed by atoms with Gasteiger partial charge in [0.25, 0.3) is 0 Å². The van der Waals surface area contributed by atoms with Gasteiger partial charge in [0.05, 0.1) is 0 Å². The molecule has 0 unspecified atom stereocenters. The molecule has 0 bridgehead atoms. The van der Waals surface area contributed by atoms with Crippen molar-refractivity contribution in [2.75, 3.05) is 13.1 Å². The molecule has 1 heterocycles. The van der Waals surface area contributed by atoms with Crippen molar-refractivity contribution in [2.24, 2.45) is 5.92 Å². The lowest BCUT2D eigenvalue weighted by Gasteiger charge is -2.34. The lowest BCUT2D eigenvalue weighted by atomic mass is 9.90. The van der Waals surface area contributed by atoms with Crippen LogP contribution in [-0.2, 0) is 14.3 Å². The first-order chi connectivity index (χ1) is 10.1. The maximum Gasteiger partial charge on any atom is 0.410 e. The standard InChI is InChI=1S/C15H26N2O5/c1-10(18)16-12(13(19)20)9-11-5-7-17(8-6-11)14(21)22-15(2,3)4/h11-12H,5-9H2,1-4H3,(H,16,18)(H,19,20)/t12-/m1/s1. The van der Waals surface area contributed by atoms with Gasteiger partial charge in [-0.3, -0.25) is 4.79 Å². The molecule has 7 heteroatoms. The molecule has 1 atom stereocenters. The van der Waals surface area contributed by atoms with Crippen molar-refractivity contribution in [3.05, 3.63) is 0 Å². The van der Waals surface area contributed by atoms with Gasteiger partial charge in [0.1, 0.15) is 11.6 Å². The summed E-state index contributed by atoms with van der Waals surface area (Å²) in [7, 11) is 0. The third kappa shape index (κ3) is 6.32. The molecule has 126 valence electrons. The van der Waals surface area contributed by atoms with Crippen LogP contribution in [0.4, 0.5) is 4.79 Å². The van der Waals surface area contributed by atoms with Gasteiger partial charge >= 0.3 is 12.1 Å². The number of nitrogens with zero attached hydrogens (tertiary/aromatic N) is 1. The Morgan fingerprint density at radius 2 is 1.82 bits per heavy atom. The van der Waals surface area contributed by atoms with Gasteiger partial charge in [-0.1, -0.05) is 0 Å². The summed E-state index contributed by atoms with van der Waals surface area (Å²) in [6, 6.07) is -0.865. The lowest BCUT2D eigenvalue weighted by molar-refractivity contribution is -0.142. The predicted molar refractivity (Wildman–Crippen MR) is 80.4 cm³/mol. The van der Waals surface area contributed by atoms with E-state index in [-0.39, 0.29) is 17.9 Å². The molecule has 0 aliphatic carbocycles. The number of piperidine rings is 1. The van der Waals surface area contributed by atoms with Crippen molar-refractivity contribution in [1.82, 2.24) is 10.2 Å². The van der Waals surface area contributed by atoms with Crippen LogP contribution in [0.5, 0.6) is 0 Å². The molecule has 2 amide bonds. The minimum atomic E-state index is -1.02. The third-order valence-electron chi connectivity index (χ3n) is 3.51. The van der Waals surface area contributed by atoms with Gasteiger partial charge in [-0.2, -0.15) is 0 Å². The molecule has 1 aliphatic rings. The second-order valence-corrected chi connectivity index (χ2v) is 6.74. The van der Waals surface area contributed by atoms with Crippen molar-refractivity contribution >= 4 is 18.0 Å². The number of amides is 2. The van der Waals surface area contributed by atoms with Gasteiger partial charge in [-0.25, -0.2) is 9.59 Å². The molecule has 1 fully saturated rings. The molecule has 0 aromatic rings. The fourth-order valence-electron chi connectivity index (χ4n) is 2.48. The highest BCUT2D eigenvalue weighted by atomic mass is 16.6. The van der Waals surface area contributed by atoms with Crippen molar-refractivity contribution in [1.29, 1.82) is 0 Å². The average molecular weight is 314 g/mol. The van der Waals surface area contributed by atoms with Gasteiger partial charge in [-0.15, -0.1) is 0 Å². The summed E-state index contributed by atoms with van der Waals surface area (Å²) in [6.45, 7) is 7.87. The van der Waals surface area contributed by atoms with Crippen LogP contribution >= 0.6 is 0 Å². The largest absolute Gasteiger partial charge is 0.480 e. The van der Waals surface area contributed by atoms with E-state index in [0.717, 1.165) is 0 Å². The number of aliphatic carboxylic acids is 1. The zero-order chi connectivity index (χ0) is 16.9. The molecule has 0 spiro atoms. The third-order valence-corrected chi connectivity index (χ3v) is 3.51. The summed E-state index contributed by atoms with van der Waals surface area (Å²) >= 11 is 0. The Hall–Kier alpha value is -1.79. The SMILES string of the molecule is CC(=O)N[C@H](CC1CCN(C(=O)OC(C)(C)C)CC1)C(=O)O. The number of carbonyl (C=O) groups is 3. The Bertz CT molecular complexity index is 422. The summed E-state index contributed by atoms with van der Waals surface area (Å²) in [5.74, 6) is -1.20. The maximum atomic E-state index is 11.9. The molecule has 1 saturated heterocycles. The second kappa shape index (κ2) is 7.47. The summed E-state index contributed by atoms with van der Waals surface area (Å²) in [4.78, 5) is 35.8. The van der Waals surface area contributed by atoms with Gasteiger partial charge in [0.2, 0.25) is 5.91 Å². The highest BCUT2D eigenvalue weighted by Crippen LogP contribution is 2.23.